The molecule has 0 fully saturated rings. The number of rotatable bonds is 9. The Balaban J connectivity index is 2.18. The van der Waals surface area contributed by atoms with Crippen molar-refractivity contribution in [3.63, 3.8) is 0 Å². The molecule has 5 nitrogen and oxygen atoms in total. The van der Waals surface area contributed by atoms with Crippen LogP contribution in [-0.2, 0) is 9.09 Å². The van der Waals surface area contributed by atoms with Crippen LogP contribution in [0.25, 0.3) is 0 Å². The SMILES string of the molecule is COc1ccccc1[C@@H](Nc1ccccc1)[P@](=O)(OC(C)C)c1ccc(N(C)C)cc1. The van der Waals surface area contributed by atoms with Crippen LogP contribution in [0.1, 0.15) is 25.2 Å². The summed E-state index contributed by atoms with van der Waals surface area (Å²) in [7, 11) is 2.16. The molecule has 0 bridgehead atoms. The first-order valence-corrected chi connectivity index (χ1v) is 12.0. The fourth-order valence-corrected chi connectivity index (χ4v) is 6.10. The van der Waals surface area contributed by atoms with Crippen molar-refractivity contribution in [2.75, 3.05) is 31.4 Å². The number of methoxy groups -OCH3 is 1. The Labute approximate surface area is 185 Å². The lowest BCUT2D eigenvalue weighted by molar-refractivity contribution is 0.245. The number of hydrogen-bond acceptors (Lipinski definition) is 5. The topological polar surface area (TPSA) is 50.8 Å². The monoisotopic (exact) mass is 438 g/mol. The lowest BCUT2D eigenvalue weighted by Crippen LogP contribution is -2.23. The van der Waals surface area contributed by atoms with E-state index in [1.807, 2.05) is 112 Å². The average molecular weight is 439 g/mol. The number of hydrogen-bond donors (Lipinski definition) is 1. The summed E-state index contributed by atoms with van der Waals surface area (Å²) >= 11 is 0. The second kappa shape index (κ2) is 10.0. The van der Waals surface area contributed by atoms with Crippen molar-refractivity contribution in [1.82, 2.24) is 0 Å². The second-order valence-corrected chi connectivity index (χ2v) is 10.3. The minimum absolute atomic E-state index is 0.228. The average Bonchev–Trinajstić information content (AvgIpc) is 2.77. The molecule has 1 N–H and O–H groups in total. The molecule has 0 aliphatic rings. The van der Waals surface area contributed by atoms with Crippen LogP contribution in [0.5, 0.6) is 5.75 Å². The zero-order chi connectivity index (χ0) is 22.4. The van der Waals surface area contributed by atoms with E-state index in [0.717, 1.165) is 16.9 Å². The highest BCUT2D eigenvalue weighted by Crippen LogP contribution is 2.61. The van der Waals surface area contributed by atoms with E-state index in [-0.39, 0.29) is 6.10 Å². The van der Waals surface area contributed by atoms with Gasteiger partial charge in [-0.15, -0.1) is 0 Å². The molecule has 31 heavy (non-hydrogen) atoms. The Morgan fingerprint density at radius 3 is 2.06 bits per heavy atom. The van der Waals surface area contributed by atoms with E-state index in [4.69, 9.17) is 9.26 Å². The summed E-state index contributed by atoms with van der Waals surface area (Å²) in [6.07, 6.45) is -0.228. The van der Waals surface area contributed by atoms with Gasteiger partial charge in [-0.3, -0.25) is 4.57 Å². The molecule has 0 aromatic heterocycles. The van der Waals surface area contributed by atoms with Crippen LogP contribution in [0.15, 0.2) is 78.9 Å². The van der Waals surface area contributed by atoms with Gasteiger partial charge < -0.3 is 19.5 Å². The molecule has 0 aliphatic heterocycles. The fraction of sp³-hybridized carbons (Fsp3) is 0.280. The molecule has 3 aromatic carbocycles. The van der Waals surface area contributed by atoms with Gasteiger partial charge in [-0.05, 0) is 56.3 Å². The number of benzene rings is 3. The number of anilines is 2. The molecule has 3 rings (SSSR count). The third kappa shape index (κ3) is 5.30. The summed E-state index contributed by atoms with van der Waals surface area (Å²) in [6.45, 7) is 3.81. The molecule has 0 saturated carbocycles. The van der Waals surface area contributed by atoms with Crippen LogP contribution >= 0.6 is 7.37 Å². The maximum absolute atomic E-state index is 14.7. The molecule has 0 spiro atoms. The van der Waals surface area contributed by atoms with E-state index in [1.54, 1.807) is 7.11 Å². The summed E-state index contributed by atoms with van der Waals surface area (Å²) in [5, 5.41) is 4.13. The molecule has 6 heteroatoms. The van der Waals surface area contributed by atoms with Crippen molar-refractivity contribution >= 4 is 24.0 Å². The molecule has 0 saturated heterocycles. The first-order valence-electron chi connectivity index (χ1n) is 10.4. The highest BCUT2D eigenvalue weighted by Gasteiger charge is 2.40. The van der Waals surface area contributed by atoms with Crippen LogP contribution in [0.2, 0.25) is 0 Å². The summed E-state index contributed by atoms with van der Waals surface area (Å²) in [4.78, 5) is 2.01. The standard InChI is InChI=1S/C25H31N2O3P/c1-19(2)30-31(28,22-17-15-21(16-18-22)27(3)4)25(26-20-11-7-6-8-12-20)23-13-9-10-14-24(23)29-5/h6-19,25-26H,1-5H3/t25-,31+/m0/s1. The van der Waals surface area contributed by atoms with Gasteiger partial charge in [-0.1, -0.05) is 36.4 Å². The minimum Gasteiger partial charge on any atom is -0.496 e. The van der Waals surface area contributed by atoms with Crippen molar-refractivity contribution < 1.29 is 13.8 Å². The molecule has 0 aliphatic carbocycles. The third-order valence-electron chi connectivity index (χ3n) is 4.94. The van der Waals surface area contributed by atoms with Crippen molar-refractivity contribution in [3.05, 3.63) is 84.4 Å². The van der Waals surface area contributed by atoms with Gasteiger partial charge in [0.2, 0.25) is 0 Å². The molecular weight excluding hydrogens is 407 g/mol. The molecule has 0 amide bonds. The van der Waals surface area contributed by atoms with Crippen LogP contribution in [-0.4, -0.2) is 27.3 Å². The number of nitrogens with one attached hydrogen (secondary N) is 1. The molecule has 0 radical (unpaired) electrons. The van der Waals surface area contributed by atoms with E-state index in [1.165, 1.54) is 0 Å². The van der Waals surface area contributed by atoms with Crippen molar-refractivity contribution in [3.8, 4) is 5.75 Å². The lowest BCUT2D eigenvalue weighted by Gasteiger charge is -2.32. The van der Waals surface area contributed by atoms with Crippen molar-refractivity contribution in [2.24, 2.45) is 0 Å². The highest BCUT2D eigenvalue weighted by atomic mass is 31.2. The predicted octanol–water partition coefficient (Wildman–Crippen LogP) is 5.90. The zero-order valence-corrected chi connectivity index (χ0v) is 19.7. The second-order valence-electron chi connectivity index (χ2n) is 7.82. The van der Waals surface area contributed by atoms with E-state index in [9.17, 15) is 4.57 Å². The summed E-state index contributed by atoms with van der Waals surface area (Å²) in [6, 6.07) is 25.1. The maximum Gasteiger partial charge on any atom is 0.258 e. The molecule has 0 heterocycles. The minimum atomic E-state index is -3.43. The van der Waals surface area contributed by atoms with E-state index < -0.39 is 13.2 Å². The van der Waals surface area contributed by atoms with Gasteiger partial charge in [-0.2, -0.15) is 0 Å². The Morgan fingerprint density at radius 1 is 0.871 bits per heavy atom. The zero-order valence-electron chi connectivity index (χ0n) is 18.8. The Kier molecular flexibility index (Phi) is 7.42. The van der Waals surface area contributed by atoms with Gasteiger partial charge in [0.05, 0.1) is 13.2 Å². The van der Waals surface area contributed by atoms with E-state index >= 15 is 0 Å². The van der Waals surface area contributed by atoms with Gasteiger partial charge >= 0.3 is 0 Å². The third-order valence-corrected chi connectivity index (χ3v) is 7.78. The number of para-hydroxylation sites is 2. The van der Waals surface area contributed by atoms with Gasteiger partial charge in [0.1, 0.15) is 11.5 Å². The first-order chi connectivity index (χ1) is 14.8. The quantitative estimate of drug-likeness (QED) is 0.422. The summed E-state index contributed by atoms with van der Waals surface area (Å²) in [5.41, 5.74) is 2.68. The Bertz CT molecular complexity index is 1020. The molecular formula is C25H31N2O3P. The number of ether oxygens (including phenoxy) is 1. The normalized spacial score (nSPS) is 14.0. The molecule has 2 atom stereocenters. The van der Waals surface area contributed by atoms with Crippen LogP contribution < -0.4 is 20.3 Å². The van der Waals surface area contributed by atoms with E-state index in [2.05, 4.69) is 5.32 Å². The largest absolute Gasteiger partial charge is 0.496 e. The molecule has 0 unspecified atom stereocenters. The Hall–Kier alpha value is -2.75. The van der Waals surface area contributed by atoms with E-state index in [0.29, 0.717) is 11.1 Å². The van der Waals surface area contributed by atoms with Crippen LogP contribution in [0.4, 0.5) is 11.4 Å². The van der Waals surface area contributed by atoms with Crippen molar-refractivity contribution in [2.45, 2.75) is 25.7 Å². The number of nitrogens with zero attached hydrogens (tertiary/aromatic N) is 1. The summed E-state index contributed by atoms with van der Waals surface area (Å²) in [5.74, 6) is 0.0343. The van der Waals surface area contributed by atoms with Crippen LogP contribution in [0.3, 0.4) is 0 Å². The summed E-state index contributed by atoms with van der Waals surface area (Å²) < 4.78 is 26.6. The molecule has 3 aromatic rings. The Morgan fingerprint density at radius 2 is 1.48 bits per heavy atom. The lowest BCUT2D eigenvalue weighted by atomic mass is 10.2. The highest BCUT2D eigenvalue weighted by molar-refractivity contribution is 7.67. The van der Waals surface area contributed by atoms with Gasteiger partial charge in [0.15, 0.2) is 0 Å². The predicted molar refractivity (Wildman–Crippen MR) is 130 cm³/mol. The molecule has 164 valence electrons. The smallest absolute Gasteiger partial charge is 0.258 e. The fourth-order valence-electron chi connectivity index (χ4n) is 3.47. The van der Waals surface area contributed by atoms with Crippen LogP contribution in [0, 0.1) is 0 Å². The maximum atomic E-state index is 14.7. The van der Waals surface area contributed by atoms with Gasteiger partial charge in [-0.25, -0.2) is 0 Å². The van der Waals surface area contributed by atoms with Gasteiger partial charge in [0.25, 0.3) is 7.37 Å². The van der Waals surface area contributed by atoms with Crippen molar-refractivity contribution in [1.29, 1.82) is 0 Å². The van der Waals surface area contributed by atoms with Gasteiger partial charge in [0, 0.05) is 36.3 Å². The first kappa shape index (κ1) is 22.9.